The minimum atomic E-state index is -3.00. The molecule has 0 spiro atoms. The van der Waals surface area contributed by atoms with Gasteiger partial charge in [-0.25, -0.2) is 0 Å². The van der Waals surface area contributed by atoms with Crippen LogP contribution in [-0.4, -0.2) is 45.3 Å². The van der Waals surface area contributed by atoms with Crippen LogP contribution in [0.25, 0.3) is 11.1 Å². The van der Waals surface area contributed by atoms with Crippen molar-refractivity contribution in [2.24, 2.45) is 0 Å². The first-order chi connectivity index (χ1) is 13.8. The van der Waals surface area contributed by atoms with Gasteiger partial charge in [0.2, 0.25) is 11.8 Å². The summed E-state index contributed by atoms with van der Waals surface area (Å²) in [6, 6.07) is 10.2. The molecule has 156 valence electrons. The van der Waals surface area contributed by atoms with Crippen LogP contribution in [0.3, 0.4) is 0 Å². The Hall–Kier alpha value is -3.20. The number of ether oxygens (including phenoxy) is 3. The second-order valence-corrected chi connectivity index (χ2v) is 6.03. The topological polar surface area (TPSA) is 85.9 Å². The SMILES string of the molecule is COCC(=O)NC(C)C(=O)Nc1ccc(OC(F)F)c(-c2ccc(OC)cc2)c1. The molecule has 1 atom stereocenters. The third-order valence-electron chi connectivity index (χ3n) is 3.91. The minimum Gasteiger partial charge on any atom is -0.497 e. The molecule has 0 heterocycles. The number of halogens is 2. The summed E-state index contributed by atoms with van der Waals surface area (Å²) in [6.45, 7) is -1.65. The molecule has 2 amide bonds. The lowest BCUT2D eigenvalue weighted by Crippen LogP contribution is -2.43. The molecule has 2 aromatic rings. The summed E-state index contributed by atoms with van der Waals surface area (Å²) in [4.78, 5) is 23.8. The number of hydrogen-bond donors (Lipinski definition) is 2. The molecule has 2 aromatic carbocycles. The standard InChI is InChI=1S/C20H22F2N2O5/c1-12(23-18(25)11-27-2)19(26)24-14-6-9-17(29-20(21)22)16(10-14)13-4-7-15(28-3)8-5-13/h4-10,12,20H,11H2,1-3H3,(H,23,25)(H,24,26). The molecule has 0 aromatic heterocycles. The Bertz CT molecular complexity index is 843. The average Bonchev–Trinajstić information content (AvgIpc) is 2.69. The zero-order valence-corrected chi connectivity index (χ0v) is 16.2. The van der Waals surface area contributed by atoms with E-state index in [9.17, 15) is 18.4 Å². The van der Waals surface area contributed by atoms with E-state index in [-0.39, 0.29) is 12.4 Å². The summed E-state index contributed by atoms with van der Waals surface area (Å²) in [6.07, 6.45) is 0. The van der Waals surface area contributed by atoms with E-state index in [0.29, 0.717) is 22.6 Å². The number of rotatable bonds is 9. The van der Waals surface area contributed by atoms with Crippen LogP contribution in [0.5, 0.6) is 11.5 Å². The monoisotopic (exact) mass is 408 g/mol. The van der Waals surface area contributed by atoms with Crippen molar-refractivity contribution in [3.05, 3.63) is 42.5 Å². The number of benzene rings is 2. The fourth-order valence-electron chi connectivity index (χ4n) is 2.53. The highest BCUT2D eigenvalue weighted by Crippen LogP contribution is 2.34. The Kier molecular flexibility index (Phi) is 7.90. The molecule has 0 aliphatic heterocycles. The lowest BCUT2D eigenvalue weighted by molar-refractivity contribution is -0.128. The van der Waals surface area contributed by atoms with Gasteiger partial charge in [-0.15, -0.1) is 0 Å². The largest absolute Gasteiger partial charge is 0.497 e. The molecule has 2 rings (SSSR count). The molecule has 0 saturated heterocycles. The van der Waals surface area contributed by atoms with E-state index in [4.69, 9.17) is 9.47 Å². The number of anilines is 1. The fourth-order valence-corrected chi connectivity index (χ4v) is 2.53. The van der Waals surface area contributed by atoms with E-state index in [1.807, 2.05) is 0 Å². The van der Waals surface area contributed by atoms with Crippen molar-refractivity contribution < 1.29 is 32.6 Å². The van der Waals surface area contributed by atoms with Crippen molar-refractivity contribution in [2.45, 2.75) is 19.6 Å². The highest BCUT2D eigenvalue weighted by atomic mass is 19.3. The van der Waals surface area contributed by atoms with Crippen LogP contribution >= 0.6 is 0 Å². The molecule has 0 bridgehead atoms. The Morgan fingerprint density at radius 2 is 1.76 bits per heavy atom. The van der Waals surface area contributed by atoms with Crippen molar-refractivity contribution in [1.82, 2.24) is 5.32 Å². The number of alkyl halides is 2. The lowest BCUT2D eigenvalue weighted by atomic mass is 10.0. The van der Waals surface area contributed by atoms with E-state index in [2.05, 4.69) is 15.4 Å². The smallest absolute Gasteiger partial charge is 0.387 e. The number of carbonyl (C=O) groups is 2. The molecule has 9 heteroatoms. The maximum atomic E-state index is 12.8. The second kappa shape index (κ2) is 10.4. The molecule has 2 N–H and O–H groups in total. The number of amides is 2. The van der Waals surface area contributed by atoms with Crippen LogP contribution in [0.2, 0.25) is 0 Å². The lowest BCUT2D eigenvalue weighted by Gasteiger charge is -2.16. The van der Waals surface area contributed by atoms with Gasteiger partial charge in [-0.3, -0.25) is 9.59 Å². The van der Waals surface area contributed by atoms with Gasteiger partial charge in [-0.1, -0.05) is 12.1 Å². The summed E-state index contributed by atoms with van der Waals surface area (Å²) in [5.74, 6) is -0.341. The van der Waals surface area contributed by atoms with Crippen molar-refractivity contribution in [1.29, 1.82) is 0 Å². The third kappa shape index (κ3) is 6.42. The van der Waals surface area contributed by atoms with Crippen molar-refractivity contribution in [2.75, 3.05) is 26.1 Å². The first kappa shape index (κ1) is 22.1. The first-order valence-corrected chi connectivity index (χ1v) is 8.66. The summed E-state index contributed by atoms with van der Waals surface area (Å²) < 4.78 is 39.9. The highest BCUT2D eigenvalue weighted by molar-refractivity contribution is 5.97. The average molecular weight is 408 g/mol. The number of carbonyl (C=O) groups excluding carboxylic acids is 2. The molecule has 0 fully saturated rings. The van der Waals surface area contributed by atoms with Crippen LogP contribution in [0, 0.1) is 0 Å². The molecule has 29 heavy (non-hydrogen) atoms. The Morgan fingerprint density at radius 1 is 1.07 bits per heavy atom. The summed E-state index contributed by atoms with van der Waals surface area (Å²) >= 11 is 0. The van der Waals surface area contributed by atoms with E-state index in [0.717, 1.165) is 0 Å². The van der Waals surface area contributed by atoms with E-state index in [1.165, 1.54) is 39.3 Å². The summed E-state index contributed by atoms with van der Waals surface area (Å²) in [7, 11) is 2.89. The van der Waals surface area contributed by atoms with Crippen LogP contribution in [0.4, 0.5) is 14.5 Å². The molecule has 0 aliphatic carbocycles. The Balaban J connectivity index is 2.24. The number of methoxy groups -OCH3 is 2. The zero-order chi connectivity index (χ0) is 21.4. The van der Waals surface area contributed by atoms with Gasteiger partial charge in [0.05, 0.1) is 7.11 Å². The van der Waals surface area contributed by atoms with Crippen LogP contribution in [-0.2, 0) is 14.3 Å². The maximum Gasteiger partial charge on any atom is 0.387 e. The van der Waals surface area contributed by atoms with Gasteiger partial charge in [-0.05, 0) is 42.8 Å². The molecule has 0 saturated carbocycles. The Morgan fingerprint density at radius 3 is 2.34 bits per heavy atom. The van der Waals surface area contributed by atoms with E-state index < -0.39 is 24.5 Å². The minimum absolute atomic E-state index is 0.0374. The fraction of sp³-hybridized carbons (Fsp3) is 0.300. The first-order valence-electron chi connectivity index (χ1n) is 8.66. The van der Waals surface area contributed by atoms with Crippen molar-refractivity contribution >= 4 is 17.5 Å². The third-order valence-corrected chi connectivity index (χ3v) is 3.91. The maximum absolute atomic E-state index is 12.8. The molecule has 1 unspecified atom stereocenters. The van der Waals surface area contributed by atoms with Crippen LogP contribution in [0.1, 0.15) is 6.92 Å². The molecular weight excluding hydrogens is 386 g/mol. The molecular formula is C20H22F2N2O5. The summed E-state index contributed by atoms with van der Waals surface area (Å²) in [5.41, 5.74) is 1.32. The summed E-state index contributed by atoms with van der Waals surface area (Å²) in [5, 5.41) is 5.12. The van der Waals surface area contributed by atoms with E-state index in [1.54, 1.807) is 24.3 Å². The highest BCUT2D eigenvalue weighted by Gasteiger charge is 2.17. The van der Waals surface area contributed by atoms with Crippen LogP contribution in [0.15, 0.2) is 42.5 Å². The van der Waals surface area contributed by atoms with Gasteiger partial charge in [0.25, 0.3) is 0 Å². The second-order valence-electron chi connectivity index (χ2n) is 6.03. The molecule has 0 radical (unpaired) electrons. The molecule has 7 nitrogen and oxygen atoms in total. The van der Waals surface area contributed by atoms with Crippen LogP contribution < -0.4 is 20.1 Å². The van der Waals surface area contributed by atoms with Gasteiger partial charge in [0, 0.05) is 18.4 Å². The van der Waals surface area contributed by atoms with Gasteiger partial charge in [0.1, 0.15) is 24.1 Å². The molecule has 0 aliphatic rings. The van der Waals surface area contributed by atoms with E-state index >= 15 is 0 Å². The predicted octanol–water partition coefficient (Wildman–Crippen LogP) is 3.05. The van der Waals surface area contributed by atoms with Gasteiger partial charge in [-0.2, -0.15) is 8.78 Å². The van der Waals surface area contributed by atoms with Crippen molar-refractivity contribution in [3.63, 3.8) is 0 Å². The zero-order valence-electron chi connectivity index (χ0n) is 16.2. The number of nitrogens with one attached hydrogen (secondary N) is 2. The quantitative estimate of drug-likeness (QED) is 0.666. The van der Waals surface area contributed by atoms with Crippen molar-refractivity contribution in [3.8, 4) is 22.6 Å². The normalized spacial score (nSPS) is 11.7. The van der Waals surface area contributed by atoms with Gasteiger partial charge >= 0.3 is 6.61 Å². The number of hydrogen-bond acceptors (Lipinski definition) is 5. The van der Waals surface area contributed by atoms with Gasteiger partial charge < -0.3 is 24.8 Å². The predicted molar refractivity (Wildman–Crippen MR) is 103 cm³/mol. The Labute approximate surface area is 167 Å². The van der Waals surface area contributed by atoms with Gasteiger partial charge in [0.15, 0.2) is 0 Å².